The van der Waals surface area contributed by atoms with Gasteiger partial charge in [0, 0.05) is 16.6 Å². The normalized spacial score (nSPS) is 11.7. The maximum Gasteiger partial charge on any atom is 0.0544 e. The topological polar surface area (TPSA) is 4.93 Å². The van der Waals surface area contributed by atoms with Crippen molar-refractivity contribution in [3.63, 3.8) is 0 Å². The second-order valence-electron chi connectivity index (χ2n) is 7.31. The lowest BCUT2D eigenvalue weighted by atomic mass is 9.83. The van der Waals surface area contributed by atoms with Crippen LogP contribution in [0.4, 0.5) is 0 Å². The minimum atomic E-state index is 0.104. The molecular formula is C23H25N. The van der Waals surface area contributed by atoms with Gasteiger partial charge in [-0.05, 0) is 53.8 Å². The number of nitrogens with zero attached hydrogens (tertiary/aromatic N) is 1. The number of rotatable bonds is 3. The SMILES string of the molecule is C=Cc1c(C=C)n(-c2ccccc2)c2cc(C(C)(C)C)c(C)cc12. The third-order valence-corrected chi connectivity index (χ3v) is 4.61. The molecule has 0 atom stereocenters. The molecule has 0 aliphatic rings. The Hall–Kier alpha value is -2.54. The highest BCUT2D eigenvalue weighted by molar-refractivity contribution is 5.96. The van der Waals surface area contributed by atoms with Gasteiger partial charge in [0.25, 0.3) is 0 Å². The predicted molar refractivity (Wildman–Crippen MR) is 107 cm³/mol. The van der Waals surface area contributed by atoms with E-state index in [2.05, 4.69) is 81.8 Å². The highest BCUT2D eigenvalue weighted by Crippen LogP contribution is 2.36. The largest absolute Gasteiger partial charge is 0.309 e. The molecule has 0 spiro atoms. The number of fused-ring (bicyclic) bond motifs is 1. The van der Waals surface area contributed by atoms with Crippen LogP contribution in [-0.2, 0) is 5.41 Å². The molecule has 1 nitrogen and oxygen atoms in total. The Morgan fingerprint density at radius 1 is 0.958 bits per heavy atom. The van der Waals surface area contributed by atoms with Crippen LogP contribution in [0.5, 0.6) is 0 Å². The number of benzene rings is 2. The summed E-state index contributed by atoms with van der Waals surface area (Å²) in [6.45, 7) is 17.1. The van der Waals surface area contributed by atoms with Crippen molar-refractivity contribution >= 4 is 23.1 Å². The molecule has 0 fully saturated rings. The number of aromatic nitrogens is 1. The first-order chi connectivity index (χ1) is 11.4. The first-order valence-corrected chi connectivity index (χ1v) is 8.38. The van der Waals surface area contributed by atoms with Crippen molar-refractivity contribution in [3.8, 4) is 5.69 Å². The van der Waals surface area contributed by atoms with Crippen LogP contribution in [-0.4, -0.2) is 4.57 Å². The highest BCUT2D eigenvalue weighted by atomic mass is 15.0. The van der Waals surface area contributed by atoms with Crippen LogP contribution in [0.15, 0.2) is 55.6 Å². The van der Waals surface area contributed by atoms with Gasteiger partial charge in [0.05, 0.1) is 11.2 Å². The molecule has 1 aromatic heterocycles. The van der Waals surface area contributed by atoms with Gasteiger partial charge in [0.2, 0.25) is 0 Å². The lowest BCUT2D eigenvalue weighted by Crippen LogP contribution is -2.13. The summed E-state index contributed by atoms with van der Waals surface area (Å²) in [5.41, 5.74) is 7.39. The summed E-state index contributed by atoms with van der Waals surface area (Å²) in [5, 5.41) is 1.23. The zero-order chi connectivity index (χ0) is 17.5. The van der Waals surface area contributed by atoms with Crippen LogP contribution in [0.25, 0.3) is 28.7 Å². The van der Waals surface area contributed by atoms with E-state index in [1.807, 2.05) is 18.2 Å². The van der Waals surface area contributed by atoms with Crippen LogP contribution in [0.1, 0.15) is 43.2 Å². The molecule has 0 N–H and O–H groups in total. The standard InChI is InChI=1S/C23H25N/c1-7-18-19-14-16(3)20(23(4,5)6)15-22(19)24(21(18)8-2)17-12-10-9-11-13-17/h7-15H,1-2H2,3-6H3. The Morgan fingerprint density at radius 2 is 1.62 bits per heavy atom. The molecule has 1 heteroatoms. The molecule has 122 valence electrons. The monoisotopic (exact) mass is 315 g/mol. The van der Waals surface area contributed by atoms with E-state index in [1.54, 1.807) is 0 Å². The molecule has 3 aromatic rings. The van der Waals surface area contributed by atoms with E-state index < -0.39 is 0 Å². The van der Waals surface area contributed by atoms with Crippen molar-refractivity contribution in [2.24, 2.45) is 0 Å². The molecule has 0 radical (unpaired) electrons. The Balaban J connectivity index is 2.49. The van der Waals surface area contributed by atoms with Crippen molar-refractivity contribution < 1.29 is 0 Å². The summed E-state index contributed by atoms with van der Waals surface area (Å²) in [6.07, 6.45) is 3.87. The Morgan fingerprint density at radius 3 is 2.17 bits per heavy atom. The van der Waals surface area contributed by atoms with Gasteiger partial charge in [-0.25, -0.2) is 0 Å². The third kappa shape index (κ3) is 2.50. The average Bonchev–Trinajstić information content (AvgIpc) is 2.86. The van der Waals surface area contributed by atoms with E-state index >= 15 is 0 Å². The molecule has 0 saturated carbocycles. The molecule has 0 saturated heterocycles. The maximum atomic E-state index is 4.05. The van der Waals surface area contributed by atoms with E-state index in [1.165, 1.54) is 22.0 Å². The van der Waals surface area contributed by atoms with Crippen molar-refractivity contribution in [1.29, 1.82) is 0 Å². The summed E-state index contributed by atoms with van der Waals surface area (Å²) in [5.74, 6) is 0. The second kappa shape index (κ2) is 5.83. The first kappa shape index (κ1) is 16.3. The summed E-state index contributed by atoms with van der Waals surface area (Å²) in [7, 11) is 0. The Bertz CT molecular complexity index is 918. The smallest absolute Gasteiger partial charge is 0.0544 e. The average molecular weight is 315 g/mol. The fourth-order valence-corrected chi connectivity index (χ4v) is 3.56. The van der Waals surface area contributed by atoms with Crippen molar-refractivity contribution in [2.45, 2.75) is 33.1 Å². The second-order valence-corrected chi connectivity index (χ2v) is 7.31. The van der Waals surface area contributed by atoms with E-state index in [9.17, 15) is 0 Å². The molecule has 1 heterocycles. The molecule has 3 rings (SSSR count). The van der Waals surface area contributed by atoms with Gasteiger partial charge in [0.1, 0.15) is 0 Å². The lowest BCUT2D eigenvalue weighted by Gasteiger charge is -2.22. The van der Waals surface area contributed by atoms with Gasteiger partial charge < -0.3 is 4.57 Å². The summed E-state index contributed by atoms with van der Waals surface area (Å²) in [6, 6.07) is 15.1. The Labute approximate surface area is 144 Å². The van der Waals surface area contributed by atoms with Crippen LogP contribution in [0.3, 0.4) is 0 Å². The number of para-hydroxylation sites is 1. The minimum absolute atomic E-state index is 0.104. The van der Waals surface area contributed by atoms with E-state index in [0.29, 0.717) is 0 Å². The number of hydrogen-bond donors (Lipinski definition) is 0. The maximum absolute atomic E-state index is 4.05. The van der Waals surface area contributed by atoms with Crippen molar-refractivity contribution in [1.82, 2.24) is 4.57 Å². The van der Waals surface area contributed by atoms with Gasteiger partial charge in [-0.15, -0.1) is 0 Å². The highest BCUT2D eigenvalue weighted by Gasteiger charge is 2.21. The zero-order valence-corrected chi connectivity index (χ0v) is 15.1. The van der Waals surface area contributed by atoms with Gasteiger partial charge in [-0.2, -0.15) is 0 Å². The van der Waals surface area contributed by atoms with Crippen LogP contribution >= 0.6 is 0 Å². The molecule has 24 heavy (non-hydrogen) atoms. The van der Waals surface area contributed by atoms with Crippen LogP contribution < -0.4 is 0 Å². The summed E-state index contributed by atoms with van der Waals surface area (Å²) in [4.78, 5) is 0. The molecule has 0 bridgehead atoms. The predicted octanol–water partition coefficient (Wildman–Crippen LogP) is 6.52. The lowest BCUT2D eigenvalue weighted by molar-refractivity contribution is 0.587. The minimum Gasteiger partial charge on any atom is -0.309 e. The van der Waals surface area contributed by atoms with Crippen LogP contribution in [0.2, 0.25) is 0 Å². The Kier molecular flexibility index (Phi) is 3.96. The van der Waals surface area contributed by atoms with Gasteiger partial charge in [-0.3, -0.25) is 0 Å². The quantitative estimate of drug-likeness (QED) is 0.518. The van der Waals surface area contributed by atoms with Crippen molar-refractivity contribution in [2.75, 3.05) is 0 Å². The fraction of sp³-hybridized carbons (Fsp3) is 0.217. The van der Waals surface area contributed by atoms with Gasteiger partial charge in [-0.1, -0.05) is 58.2 Å². The molecule has 2 aromatic carbocycles. The van der Waals surface area contributed by atoms with Crippen LogP contribution in [0, 0.1) is 6.92 Å². The van der Waals surface area contributed by atoms with E-state index in [-0.39, 0.29) is 5.41 Å². The molecule has 0 amide bonds. The van der Waals surface area contributed by atoms with Gasteiger partial charge >= 0.3 is 0 Å². The number of aryl methyl sites for hydroxylation is 1. The molecular weight excluding hydrogens is 290 g/mol. The first-order valence-electron chi connectivity index (χ1n) is 8.38. The molecule has 0 aliphatic carbocycles. The van der Waals surface area contributed by atoms with Crippen molar-refractivity contribution in [3.05, 3.63) is 78.0 Å². The molecule has 0 aliphatic heterocycles. The zero-order valence-electron chi connectivity index (χ0n) is 15.1. The molecule has 0 unspecified atom stereocenters. The fourth-order valence-electron chi connectivity index (χ4n) is 3.56. The van der Waals surface area contributed by atoms with E-state index in [4.69, 9.17) is 0 Å². The summed E-state index contributed by atoms with van der Waals surface area (Å²) < 4.78 is 2.29. The third-order valence-electron chi connectivity index (χ3n) is 4.61. The number of hydrogen-bond acceptors (Lipinski definition) is 0. The summed E-state index contributed by atoms with van der Waals surface area (Å²) >= 11 is 0. The van der Waals surface area contributed by atoms with Gasteiger partial charge in [0.15, 0.2) is 0 Å². The van der Waals surface area contributed by atoms with E-state index in [0.717, 1.165) is 16.9 Å².